The minimum absolute atomic E-state index is 0.0869. The zero-order chi connectivity index (χ0) is 21.5. The molecule has 1 aromatic carbocycles. The van der Waals surface area contributed by atoms with Crippen molar-refractivity contribution in [3.8, 4) is 17.3 Å². The van der Waals surface area contributed by atoms with Crippen LogP contribution in [-0.2, 0) is 9.53 Å². The average Bonchev–Trinajstić information content (AvgIpc) is 3.53. The Labute approximate surface area is 175 Å². The molecule has 5 rings (SSSR count). The maximum atomic E-state index is 12.7. The molecule has 4 aromatic heterocycles. The topological polar surface area (TPSA) is 136 Å². The highest BCUT2D eigenvalue weighted by Crippen LogP contribution is 2.29. The molecule has 5 aromatic rings. The summed E-state index contributed by atoms with van der Waals surface area (Å²) in [4.78, 5) is 21.7. The summed E-state index contributed by atoms with van der Waals surface area (Å²) in [7, 11) is 2.87. The fourth-order valence-electron chi connectivity index (χ4n) is 3.43. The fourth-order valence-corrected chi connectivity index (χ4v) is 3.43. The van der Waals surface area contributed by atoms with E-state index in [1.807, 2.05) is 0 Å². The van der Waals surface area contributed by atoms with Crippen LogP contribution < -0.4 is 10.5 Å². The largest absolute Gasteiger partial charge is 0.497 e. The Balaban J connectivity index is 1.72. The predicted molar refractivity (Wildman–Crippen MR) is 109 cm³/mol. The number of furan rings is 1. The Hall–Kier alpha value is -4.41. The second kappa shape index (κ2) is 7.13. The number of anilines is 1. The summed E-state index contributed by atoms with van der Waals surface area (Å²) in [5, 5.41) is 9.35. The number of esters is 1. The summed E-state index contributed by atoms with van der Waals surface area (Å²) < 4.78 is 18.6. The van der Waals surface area contributed by atoms with Gasteiger partial charge >= 0.3 is 5.97 Å². The van der Waals surface area contributed by atoms with Crippen LogP contribution in [0.2, 0.25) is 0 Å². The smallest absolute Gasteiger partial charge is 0.335 e. The van der Waals surface area contributed by atoms with Crippen molar-refractivity contribution >= 4 is 28.6 Å². The van der Waals surface area contributed by atoms with Crippen LogP contribution in [-0.4, -0.2) is 49.6 Å². The van der Waals surface area contributed by atoms with Crippen LogP contribution in [0.1, 0.15) is 11.6 Å². The van der Waals surface area contributed by atoms with Gasteiger partial charge in [0.05, 0.1) is 32.1 Å². The van der Waals surface area contributed by atoms with Crippen LogP contribution in [0.15, 0.2) is 53.3 Å². The monoisotopic (exact) mass is 419 g/mol. The van der Waals surface area contributed by atoms with Crippen molar-refractivity contribution in [3.05, 3.63) is 54.4 Å². The number of methoxy groups -OCH3 is 2. The first-order chi connectivity index (χ1) is 15.1. The first-order valence-electron chi connectivity index (χ1n) is 9.26. The number of nitrogens with two attached hydrogens (primary N) is 1. The summed E-state index contributed by atoms with van der Waals surface area (Å²) in [6.07, 6.45) is 3.10. The highest BCUT2D eigenvalue weighted by Gasteiger charge is 2.28. The van der Waals surface area contributed by atoms with E-state index < -0.39 is 12.0 Å². The molecule has 11 nitrogen and oxygen atoms in total. The lowest BCUT2D eigenvalue weighted by Gasteiger charge is -2.17. The number of nitrogens with zero attached hydrogens (tertiary/aromatic N) is 6. The molecule has 0 amide bonds. The van der Waals surface area contributed by atoms with E-state index in [9.17, 15) is 4.79 Å². The molecule has 0 aliphatic rings. The number of aromatic nitrogens is 6. The number of hydrogen-bond donors (Lipinski definition) is 1. The van der Waals surface area contributed by atoms with Gasteiger partial charge in [-0.15, -0.1) is 5.10 Å². The number of hydrogen-bond acceptors (Lipinski definition) is 9. The molecule has 0 radical (unpaired) electrons. The molecule has 0 fully saturated rings. The molecule has 0 saturated heterocycles. The van der Waals surface area contributed by atoms with Crippen LogP contribution in [0, 0.1) is 0 Å². The third-order valence-electron chi connectivity index (χ3n) is 4.87. The third kappa shape index (κ3) is 2.94. The number of carbonyl (C=O) groups excluding carboxylic acids is 1. The summed E-state index contributed by atoms with van der Waals surface area (Å²) in [6, 6.07) is 9.67. The molecule has 0 bridgehead atoms. The van der Waals surface area contributed by atoms with Crippen molar-refractivity contribution in [2.24, 2.45) is 0 Å². The van der Waals surface area contributed by atoms with Gasteiger partial charge in [-0.2, -0.15) is 14.6 Å². The standard InChI is InChI=1S/C20H17N7O4/c1-29-12-6-3-5-11(9-12)15(19(28)30-2)26-18-13(10-22-26)17-23-16(14-7-4-8-31-14)25-27(17)20(21)24-18/h3-10,15H,1-2H3,(H2,21,24). The van der Waals surface area contributed by atoms with Crippen LogP contribution in [0.3, 0.4) is 0 Å². The lowest BCUT2D eigenvalue weighted by Crippen LogP contribution is -2.23. The second-order valence-electron chi connectivity index (χ2n) is 6.65. The normalized spacial score (nSPS) is 12.3. The Morgan fingerprint density at radius 2 is 2.03 bits per heavy atom. The highest BCUT2D eigenvalue weighted by atomic mass is 16.5. The van der Waals surface area contributed by atoms with Crippen molar-refractivity contribution in [1.29, 1.82) is 0 Å². The molecule has 0 spiro atoms. The second-order valence-corrected chi connectivity index (χ2v) is 6.65. The van der Waals surface area contributed by atoms with Crippen molar-refractivity contribution in [2.75, 3.05) is 20.0 Å². The number of rotatable bonds is 5. The first kappa shape index (κ1) is 18.6. The quantitative estimate of drug-likeness (QED) is 0.425. The molecule has 0 aliphatic carbocycles. The number of nitrogen functional groups attached to an aromatic ring is 1. The van der Waals surface area contributed by atoms with Crippen LogP contribution in [0.5, 0.6) is 5.75 Å². The van der Waals surface area contributed by atoms with Gasteiger partial charge in [0.15, 0.2) is 23.1 Å². The van der Waals surface area contributed by atoms with Gasteiger partial charge in [0.25, 0.3) is 0 Å². The molecule has 1 atom stereocenters. The van der Waals surface area contributed by atoms with E-state index >= 15 is 0 Å². The van der Waals surface area contributed by atoms with Gasteiger partial charge in [0, 0.05) is 0 Å². The first-order valence-corrected chi connectivity index (χ1v) is 9.26. The lowest BCUT2D eigenvalue weighted by molar-refractivity contribution is -0.143. The highest BCUT2D eigenvalue weighted by molar-refractivity contribution is 5.92. The van der Waals surface area contributed by atoms with Gasteiger partial charge in [-0.1, -0.05) is 12.1 Å². The number of ether oxygens (including phenoxy) is 2. The lowest BCUT2D eigenvalue weighted by atomic mass is 10.1. The van der Waals surface area contributed by atoms with Crippen molar-refractivity contribution < 1.29 is 18.7 Å². The van der Waals surface area contributed by atoms with E-state index in [1.165, 1.54) is 22.6 Å². The molecule has 4 heterocycles. The summed E-state index contributed by atoms with van der Waals surface area (Å²) in [6.45, 7) is 0. The summed E-state index contributed by atoms with van der Waals surface area (Å²) in [5.74, 6) is 1.02. The van der Waals surface area contributed by atoms with E-state index in [0.717, 1.165) is 0 Å². The van der Waals surface area contributed by atoms with Gasteiger partial charge in [-0.3, -0.25) is 0 Å². The number of fused-ring (bicyclic) bond motifs is 3. The Morgan fingerprint density at radius 1 is 1.16 bits per heavy atom. The fraction of sp³-hybridized carbons (Fsp3) is 0.150. The molecule has 31 heavy (non-hydrogen) atoms. The van der Waals surface area contributed by atoms with Crippen molar-refractivity contribution in [2.45, 2.75) is 6.04 Å². The molecule has 0 aliphatic heterocycles. The van der Waals surface area contributed by atoms with Crippen LogP contribution >= 0.6 is 0 Å². The van der Waals surface area contributed by atoms with Gasteiger partial charge < -0.3 is 19.6 Å². The molecule has 156 valence electrons. The van der Waals surface area contributed by atoms with Gasteiger partial charge in [0.1, 0.15) is 5.75 Å². The molecule has 1 unspecified atom stereocenters. The maximum Gasteiger partial charge on any atom is 0.335 e. The van der Waals surface area contributed by atoms with Crippen molar-refractivity contribution in [1.82, 2.24) is 29.4 Å². The summed E-state index contributed by atoms with van der Waals surface area (Å²) in [5.41, 5.74) is 7.57. The minimum Gasteiger partial charge on any atom is -0.497 e. The minimum atomic E-state index is -0.903. The van der Waals surface area contributed by atoms with E-state index in [1.54, 1.807) is 49.7 Å². The molecular formula is C20H17N7O4. The zero-order valence-corrected chi connectivity index (χ0v) is 16.6. The Kier molecular flexibility index (Phi) is 4.28. The number of carbonyl (C=O) groups is 1. The van der Waals surface area contributed by atoms with E-state index in [4.69, 9.17) is 19.6 Å². The summed E-state index contributed by atoms with van der Waals surface area (Å²) >= 11 is 0. The van der Waals surface area contributed by atoms with E-state index in [0.29, 0.717) is 39.6 Å². The molecule has 0 saturated carbocycles. The van der Waals surface area contributed by atoms with Gasteiger partial charge in [0.2, 0.25) is 11.8 Å². The van der Waals surface area contributed by atoms with Crippen LogP contribution in [0.25, 0.3) is 28.3 Å². The van der Waals surface area contributed by atoms with Crippen LogP contribution in [0.4, 0.5) is 5.95 Å². The molecule has 11 heteroatoms. The Morgan fingerprint density at radius 3 is 2.77 bits per heavy atom. The molecular weight excluding hydrogens is 402 g/mol. The Bertz CT molecular complexity index is 1400. The maximum absolute atomic E-state index is 12.7. The van der Waals surface area contributed by atoms with Gasteiger partial charge in [-0.25, -0.2) is 14.5 Å². The predicted octanol–water partition coefficient (Wildman–Crippen LogP) is 2.09. The van der Waals surface area contributed by atoms with Gasteiger partial charge in [-0.05, 0) is 29.8 Å². The molecule has 2 N–H and O–H groups in total. The third-order valence-corrected chi connectivity index (χ3v) is 4.87. The van der Waals surface area contributed by atoms with E-state index in [-0.39, 0.29) is 5.95 Å². The average molecular weight is 419 g/mol. The number of benzene rings is 1. The van der Waals surface area contributed by atoms with Crippen molar-refractivity contribution in [3.63, 3.8) is 0 Å². The van der Waals surface area contributed by atoms with E-state index in [2.05, 4.69) is 20.2 Å². The SMILES string of the molecule is COC(=O)C(c1cccc(OC)c1)n1ncc2c1nc(N)n1nc(-c3ccco3)nc21. The zero-order valence-electron chi connectivity index (χ0n) is 16.6.